The minimum atomic E-state index is -3.56. The Balaban J connectivity index is 1.58. The van der Waals surface area contributed by atoms with E-state index in [1.54, 1.807) is 0 Å². The highest BCUT2D eigenvalue weighted by Gasteiger charge is 2.42. The quantitative estimate of drug-likeness (QED) is 0.642. The molecule has 1 unspecified atom stereocenters. The maximum absolute atomic E-state index is 14.6. The number of rotatable bonds is 6. The number of benzene rings is 2. The molecule has 34 heavy (non-hydrogen) atoms. The average Bonchev–Trinajstić information content (AvgIpc) is 3.13. The van der Waals surface area contributed by atoms with E-state index in [0.29, 0.717) is 13.2 Å². The van der Waals surface area contributed by atoms with Crippen LogP contribution in [0.25, 0.3) is 0 Å². The summed E-state index contributed by atoms with van der Waals surface area (Å²) in [5.74, 6) is -2.08. The molecular formula is C23H23ClF2N2O5S. The third kappa shape index (κ3) is 5.08. The molecule has 182 valence electrons. The van der Waals surface area contributed by atoms with Crippen LogP contribution in [0.5, 0.6) is 0 Å². The van der Waals surface area contributed by atoms with Gasteiger partial charge >= 0.3 is 0 Å². The van der Waals surface area contributed by atoms with Gasteiger partial charge in [0.25, 0.3) is 5.91 Å². The molecule has 2 heterocycles. The predicted molar refractivity (Wildman–Crippen MR) is 120 cm³/mol. The second-order valence-electron chi connectivity index (χ2n) is 8.56. The summed E-state index contributed by atoms with van der Waals surface area (Å²) in [6.07, 6.45) is -0.642. The monoisotopic (exact) mass is 512 g/mol. The normalized spacial score (nSPS) is 21.7. The van der Waals surface area contributed by atoms with Gasteiger partial charge in [0.1, 0.15) is 18.0 Å². The SMILES string of the molecule is CS(=O)(=O)c1cccc(C(=O)N2C[C@@H](F)C[C@@H]2C(=O)NC(c2ccc(Cl)cc2F)C2COC2)c1. The Morgan fingerprint density at radius 1 is 1.21 bits per heavy atom. The number of carbonyl (C=O) groups is 2. The number of sulfone groups is 1. The van der Waals surface area contributed by atoms with Gasteiger partial charge in [0.2, 0.25) is 5.91 Å². The molecule has 2 fully saturated rings. The third-order valence-electron chi connectivity index (χ3n) is 6.05. The molecule has 3 atom stereocenters. The smallest absolute Gasteiger partial charge is 0.254 e. The maximum Gasteiger partial charge on any atom is 0.254 e. The van der Waals surface area contributed by atoms with Crippen molar-refractivity contribution in [2.45, 2.75) is 29.6 Å². The van der Waals surface area contributed by atoms with E-state index in [2.05, 4.69) is 5.32 Å². The molecule has 1 N–H and O–H groups in total. The molecule has 0 aromatic heterocycles. The van der Waals surface area contributed by atoms with Gasteiger partial charge in [-0.05, 0) is 30.3 Å². The summed E-state index contributed by atoms with van der Waals surface area (Å²) in [5, 5.41) is 2.98. The van der Waals surface area contributed by atoms with Crippen molar-refractivity contribution >= 4 is 33.3 Å². The average molecular weight is 513 g/mol. The lowest BCUT2D eigenvalue weighted by Crippen LogP contribution is -2.50. The molecule has 0 saturated carbocycles. The predicted octanol–water partition coefficient (Wildman–Crippen LogP) is 2.94. The molecule has 2 aromatic rings. The highest BCUT2D eigenvalue weighted by atomic mass is 35.5. The molecule has 4 rings (SSSR count). The first kappa shape index (κ1) is 24.6. The number of hydrogen-bond donors (Lipinski definition) is 1. The third-order valence-corrected chi connectivity index (χ3v) is 7.40. The van der Waals surface area contributed by atoms with Crippen molar-refractivity contribution in [3.63, 3.8) is 0 Å². The molecule has 0 bridgehead atoms. The van der Waals surface area contributed by atoms with Crippen LogP contribution in [0.15, 0.2) is 47.4 Å². The first-order chi connectivity index (χ1) is 16.0. The van der Waals surface area contributed by atoms with Crippen LogP contribution in [0.2, 0.25) is 5.02 Å². The second kappa shape index (κ2) is 9.59. The fraction of sp³-hybridized carbons (Fsp3) is 0.391. The number of amides is 2. The zero-order chi connectivity index (χ0) is 24.6. The first-order valence-corrected chi connectivity index (χ1v) is 12.9. The minimum Gasteiger partial charge on any atom is -0.381 e. The number of carbonyl (C=O) groups excluding carboxylic acids is 2. The molecule has 2 aliphatic rings. The van der Waals surface area contributed by atoms with Gasteiger partial charge < -0.3 is 15.0 Å². The summed E-state index contributed by atoms with van der Waals surface area (Å²) < 4.78 is 57.9. The van der Waals surface area contributed by atoms with Crippen LogP contribution >= 0.6 is 11.6 Å². The lowest BCUT2D eigenvalue weighted by atomic mass is 9.90. The van der Waals surface area contributed by atoms with Crippen LogP contribution in [0, 0.1) is 11.7 Å². The molecule has 0 spiro atoms. The molecule has 0 aliphatic carbocycles. The van der Waals surface area contributed by atoms with Crippen LogP contribution in [-0.2, 0) is 19.4 Å². The van der Waals surface area contributed by atoms with E-state index in [-0.39, 0.29) is 39.9 Å². The van der Waals surface area contributed by atoms with Crippen molar-refractivity contribution in [2.75, 3.05) is 26.0 Å². The van der Waals surface area contributed by atoms with Crippen LogP contribution in [-0.4, -0.2) is 63.4 Å². The summed E-state index contributed by atoms with van der Waals surface area (Å²) in [6, 6.07) is 7.63. The van der Waals surface area contributed by atoms with Gasteiger partial charge in [-0.3, -0.25) is 9.59 Å². The number of likely N-dealkylation sites (tertiary alicyclic amines) is 1. The van der Waals surface area contributed by atoms with Crippen molar-refractivity contribution in [1.82, 2.24) is 10.2 Å². The van der Waals surface area contributed by atoms with Gasteiger partial charge in [-0.1, -0.05) is 23.7 Å². The van der Waals surface area contributed by atoms with Gasteiger partial charge in [-0.25, -0.2) is 17.2 Å². The number of ether oxygens (including phenoxy) is 1. The van der Waals surface area contributed by atoms with Crippen molar-refractivity contribution in [1.29, 1.82) is 0 Å². The Labute approximate surface area is 200 Å². The molecule has 2 aromatic carbocycles. The van der Waals surface area contributed by atoms with E-state index in [4.69, 9.17) is 16.3 Å². The van der Waals surface area contributed by atoms with Crippen LogP contribution < -0.4 is 5.32 Å². The van der Waals surface area contributed by atoms with E-state index in [9.17, 15) is 26.8 Å². The summed E-state index contributed by atoms with van der Waals surface area (Å²) in [5.41, 5.74) is 0.252. The van der Waals surface area contributed by atoms with Gasteiger partial charge in [0, 0.05) is 34.7 Å². The Morgan fingerprint density at radius 3 is 2.56 bits per heavy atom. The number of alkyl halides is 1. The topological polar surface area (TPSA) is 92.8 Å². The molecule has 2 saturated heterocycles. The summed E-state index contributed by atoms with van der Waals surface area (Å²) in [6.45, 7) is 0.307. The van der Waals surface area contributed by atoms with E-state index >= 15 is 0 Å². The molecule has 0 radical (unpaired) electrons. The molecule has 7 nitrogen and oxygen atoms in total. The van der Waals surface area contributed by atoms with Crippen molar-refractivity contribution < 1.29 is 31.5 Å². The highest BCUT2D eigenvalue weighted by Crippen LogP contribution is 2.32. The Bertz CT molecular complexity index is 1220. The molecule has 11 heteroatoms. The minimum absolute atomic E-state index is 0.0301. The highest BCUT2D eigenvalue weighted by molar-refractivity contribution is 7.90. The maximum atomic E-state index is 14.6. The Kier molecular flexibility index (Phi) is 6.93. The van der Waals surface area contributed by atoms with Gasteiger partial charge in [-0.2, -0.15) is 0 Å². The number of halogens is 3. The largest absolute Gasteiger partial charge is 0.381 e. The fourth-order valence-electron chi connectivity index (χ4n) is 4.18. The van der Waals surface area contributed by atoms with Crippen LogP contribution in [0.3, 0.4) is 0 Å². The summed E-state index contributed by atoms with van der Waals surface area (Å²) in [4.78, 5) is 27.4. The fourth-order valence-corrected chi connectivity index (χ4v) is 5.01. The standard InChI is InChI=1S/C23H23ClF2N2O5S/c1-34(31,32)17-4-2-3-13(7-17)23(30)28-10-16(25)9-20(28)22(29)27-21(14-11-33-12-14)18-6-5-15(24)8-19(18)26/h2-8,14,16,20-21H,9-12H2,1H3,(H,27,29)/t16-,20+,21?/m0/s1. The Hall–Kier alpha value is -2.56. The molecule has 2 amide bonds. The zero-order valence-corrected chi connectivity index (χ0v) is 19.8. The van der Waals surface area contributed by atoms with E-state index in [0.717, 1.165) is 17.2 Å². The lowest BCUT2D eigenvalue weighted by molar-refractivity contribution is -0.128. The number of nitrogens with zero attached hydrogens (tertiary/aromatic N) is 1. The second-order valence-corrected chi connectivity index (χ2v) is 11.0. The van der Waals surface area contributed by atoms with E-state index in [1.807, 2.05) is 0 Å². The van der Waals surface area contributed by atoms with Crippen molar-refractivity contribution in [3.8, 4) is 0 Å². The van der Waals surface area contributed by atoms with E-state index < -0.39 is 45.7 Å². The summed E-state index contributed by atoms with van der Waals surface area (Å²) >= 11 is 5.85. The van der Waals surface area contributed by atoms with Gasteiger partial charge in [0.05, 0.1) is 30.7 Å². The molecular weight excluding hydrogens is 490 g/mol. The summed E-state index contributed by atoms with van der Waals surface area (Å²) in [7, 11) is -3.56. The first-order valence-electron chi connectivity index (χ1n) is 10.6. The number of nitrogens with one attached hydrogen (secondary N) is 1. The van der Waals surface area contributed by atoms with Gasteiger partial charge in [-0.15, -0.1) is 0 Å². The zero-order valence-electron chi connectivity index (χ0n) is 18.2. The van der Waals surface area contributed by atoms with E-state index in [1.165, 1.54) is 36.4 Å². The van der Waals surface area contributed by atoms with Gasteiger partial charge in [0.15, 0.2) is 9.84 Å². The van der Waals surface area contributed by atoms with Crippen LogP contribution in [0.1, 0.15) is 28.4 Å². The Morgan fingerprint density at radius 2 is 1.94 bits per heavy atom. The number of hydrogen-bond acceptors (Lipinski definition) is 5. The molecule has 2 aliphatic heterocycles. The van der Waals surface area contributed by atoms with Crippen LogP contribution in [0.4, 0.5) is 8.78 Å². The van der Waals surface area contributed by atoms with Crippen molar-refractivity contribution in [2.24, 2.45) is 5.92 Å². The van der Waals surface area contributed by atoms with Crippen molar-refractivity contribution in [3.05, 3.63) is 64.4 Å². The lowest BCUT2D eigenvalue weighted by Gasteiger charge is -2.36.